The summed E-state index contributed by atoms with van der Waals surface area (Å²) in [6, 6.07) is 20.1. The number of carbonyl (C=O) groups is 1. The number of fused-ring (bicyclic) bond motifs is 1. The maximum Gasteiger partial charge on any atom is 0.313 e. The molecule has 3 atom stereocenters. The van der Waals surface area contributed by atoms with Gasteiger partial charge in [-0.05, 0) is 72.9 Å². The lowest BCUT2D eigenvalue weighted by Gasteiger charge is -2.21. The van der Waals surface area contributed by atoms with E-state index in [4.69, 9.17) is 5.11 Å². The zero-order valence-electron chi connectivity index (χ0n) is 17.0. The monoisotopic (exact) mass is 423 g/mol. The zero-order valence-corrected chi connectivity index (χ0v) is 17.8. The Morgan fingerprint density at radius 2 is 1.93 bits per heavy atom. The number of hydrogen-bond acceptors (Lipinski definition) is 3. The molecule has 5 heteroatoms. The number of hydrogen-bond donors (Lipinski definition) is 2. The molecule has 3 nitrogen and oxygen atoms in total. The minimum absolute atomic E-state index is 0.0853. The number of rotatable bonds is 7. The number of carboxylic acid groups (broad SMARTS) is 1. The highest BCUT2D eigenvalue weighted by molar-refractivity contribution is 8.00. The topological polar surface area (TPSA) is 49.3 Å². The molecule has 0 amide bonds. The van der Waals surface area contributed by atoms with Crippen LogP contribution >= 0.6 is 11.8 Å². The van der Waals surface area contributed by atoms with Crippen LogP contribution in [0, 0.1) is 5.82 Å². The second-order valence-electron chi connectivity index (χ2n) is 8.07. The third-order valence-corrected chi connectivity index (χ3v) is 6.96. The molecular weight excluding hydrogens is 397 g/mol. The summed E-state index contributed by atoms with van der Waals surface area (Å²) in [5.74, 6) is -0.375. The molecule has 2 N–H and O–H groups in total. The Kier molecular flexibility index (Phi) is 6.40. The molecule has 0 radical (unpaired) electrons. The van der Waals surface area contributed by atoms with Gasteiger partial charge < -0.3 is 10.4 Å². The van der Waals surface area contributed by atoms with Crippen molar-refractivity contribution in [2.75, 3.05) is 5.75 Å². The van der Waals surface area contributed by atoms with Crippen molar-refractivity contribution in [1.29, 1.82) is 0 Å². The molecule has 156 valence electrons. The molecule has 0 saturated heterocycles. The standard InChI is InChI=1S/C25H26FNO2S/c1-16(20-12-19-4-2-3-5-23(19)24(26)14-20)27-21-9-6-18(13-21)17-7-10-22(11-8-17)30-15-25(28)29/h2-5,7-8,10-12,14,16,18,21,27H,6,9,13,15H2,1H3,(H,28,29)/t16-,18-,21+/m1/s1. The highest BCUT2D eigenvalue weighted by atomic mass is 32.2. The zero-order chi connectivity index (χ0) is 21.1. The summed E-state index contributed by atoms with van der Waals surface area (Å²) in [7, 11) is 0. The molecule has 0 aromatic heterocycles. The number of thioether (sulfide) groups is 1. The first kappa shape index (κ1) is 20.9. The third kappa shape index (κ3) is 4.85. The summed E-state index contributed by atoms with van der Waals surface area (Å²) < 4.78 is 14.5. The van der Waals surface area contributed by atoms with Crippen molar-refractivity contribution in [2.24, 2.45) is 0 Å². The van der Waals surface area contributed by atoms with Crippen molar-refractivity contribution in [3.63, 3.8) is 0 Å². The molecule has 1 fully saturated rings. The summed E-state index contributed by atoms with van der Waals surface area (Å²) >= 11 is 1.35. The largest absolute Gasteiger partial charge is 0.481 e. The van der Waals surface area contributed by atoms with E-state index in [0.29, 0.717) is 17.3 Å². The van der Waals surface area contributed by atoms with Crippen LogP contribution in [-0.4, -0.2) is 22.9 Å². The SMILES string of the molecule is C[C@@H](N[C@H]1CC[C@@H](c2ccc(SCC(=O)O)cc2)C1)c1cc(F)c2ccccc2c1. The van der Waals surface area contributed by atoms with Gasteiger partial charge >= 0.3 is 5.97 Å². The van der Waals surface area contributed by atoms with Crippen molar-refractivity contribution in [1.82, 2.24) is 5.32 Å². The fraction of sp³-hybridized carbons (Fsp3) is 0.320. The molecule has 0 heterocycles. The number of carboxylic acids is 1. The van der Waals surface area contributed by atoms with Gasteiger partial charge in [-0.25, -0.2) is 4.39 Å². The lowest BCUT2D eigenvalue weighted by atomic mass is 9.97. The van der Waals surface area contributed by atoms with Crippen LogP contribution in [0.1, 0.15) is 49.3 Å². The summed E-state index contributed by atoms with van der Waals surface area (Å²) in [5.41, 5.74) is 2.29. The van der Waals surface area contributed by atoms with Gasteiger partial charge in [0.1, 0.15) is 5.82 Å². The lowest BCUT2D eigenvalue weighted by Crippen LogP contribution is -2.29. The highest BCUT2D eigenvalue weighted by Crippen LogP contribution is 2.36. The molecule has 0 aliphatic heterocycles. The number of halogens is 1. The Balaban J connectivity index is 1.37. The van der Waals surface area contributed by atoms with Crippen molar-refractivity contribution in [3.8, 4) is 0 Å². The van der Waals surface area contributed by atoms with Crippen LogP contribution in [0.3, 0.4) is 0 Å². The molecule has 4 rings (SSSR count). The number of nitrogens with one attached hydrogen (secondary N) is 1. The van der Waals surface area contributed by atoms with Gasteiger partial charge in [0.2, 0.25) is 0 Å². The van der Waals surface area contributed by atoms with Gasteiger partial charge in [-0.3, -0.25) is 4.79 Å². The molecule has 3 aromatic rings. The van der Waals surface area contributed by atoms with E-state index < -0.39 is 5.97 Å². The van der Waals surface area contributed by atoms with Crippen molar-refractivity contribution in [3.05, 3.63) is 77.6 Å². The molecule has 30 heavy (non-hydrogen) atoms. The molecule has 1 saturated carbocycles. The predicted molar refractivity (Wildman–Crippen MR) is 121 cm³/mol. The minimum Gasteiger partial charge on any atom is -0.481 e. The predicted octanol–water partition coefficient (Wildman–Crippen LogP) is 6.14. The second kappa shape index (κ2) is 9.19. The Bertz CT molecular complexity index is 1040. The summed E-state index contributed by atoms with van der Waals surface area (Å²) in [5, 5.41) is 14.1. The molecule has 0 spiro atoms. The van der Waals surface area contributed by atoms with E-state index in [2.05, 4.69) is 30.4 Å². The number of benzene rings is 3. The van der Waals surface area contributed by atoms with E-state index >= 15 is 0 Å². The van der Waals surface area contributed by atoms with E-state index in [-0.39, 0.29) is 17.6 Å². The van der Waals surface area contributed by atoms with Gasteiger partial charge in [0.25, 0.3) is 0 Å². The molecule has 3 aromatic carbocycles. The smallest absolute Gasteiger partial charge is 0.313 e. The summed E-state index contributed by atoms with van der Waals surface area (Å²) in [6.07, 6.45) is 3.28. The van der Waals surface area contributed by atoms with Crippen molar-refractivity contribution in [2.45, 2.75) is 49.1 Å². The normalized spacial score (nSPS) is 19.8. The maximum absolute atomic E-state index is 14.5. The number of aliphatic carboxylic acids is 1. The molecule has 0 bridgehead atoms. The first-order chi connectivity index (χ1) is 14.5. The Morgan fingerprint density at radius 3 is 2.70 bits per heavy atom. The fourth-order valence-corrected chi connectivity index (χ4v) is 5.02. The minimum atomic E-state index is -0.797. The highest BCUT2D eigenvalue weighted by Gasteiger charge is 2.27. The van der Waals surface area contributed by atoms with Gasteiger partial charge in [-0.15, -0.1) is 11.8 Å². The van der Waals surface area contributed by atoms with Crippen molar-refractivity contribution >= 4 is 28.5 Å². The van der Waals surface area contributed by atoms with Crippen LogP contribution in [0.2, 0.25) is 0 Å². The van der Waals surface area contributed by atoms with Gasteiger partial charge in [-0.2, -0.15) is 0 Å². The molecular formula is C25H26FNO2S. The van der Waals surface area contributed by atoms with Gasteiger partial charge in [0.05, 0.1) is 5.75 Å². The summed E-state index contributed by atoms with van der Waals surface area (Å²) in [6.45, 7) is 2.10. The molecule has 1 aliphatic carbocycles. The third-order valence-electron chi connectivity index (χ3n) is 5.97. The first-order valence-electron chi connectivity index (χ1n) is 10.4. The van der Waals surface area contributed by atoms with Crippen LogP contribution in [0.15, 0.2) is 65.6 Å². The molecule has 0 unspecified atom stereocenters. The Morgan fingerprint density at radius 1 is 1.17 bits per heavy atom. The lowest BCUT2D eigenvalue weighted by molar-refractivity contribution is -0.133. The first-order valence-corrected chi connectivity index (χ1v) is 11.4. The van der Waals surface area contributed by atoms with E-state index in [9.17, 15) is 9.18 Å². The van der Waals surface area contributed by atoms with Gasteiger partial charge in [0, 0.05) is 22.4 Å². The van der Waals surface area contributed by atoms with E-state index in [1.165, 1.54) is 17.3 Å². The maximum atomic E-state index is 14.5. The van der Waals surface area contributed by atoms with Crippen LogP contribution in [-0.2, 0) is 4.79 Å². The fourth-order valence-electron chi connectivity index (χ4n) is 4.40. The van der Waals surface area contributed by atoms with Crippen molar-refractivity contribution < 1.29 is 14.3 Å². The van der Waals surface area contributed by atoms with E-state index in [1.807, 2.05) is 36.4 Å². The van der Waals surface area contributed by atoms with E-state index in [0.717, 1.165) is 35.1 Å². The average molecular weight is 424 g/mol. The van der Waals surface area contributed by atoms with Crippen LogP contribution < -0.4 is 5.32 Å². The van der Waals surface area contributed by atoms with Gasteiger partial charge in [0.15, 0.2) is 0 Å². The van der Waals surface area contributed by atoms with Gasteiger partial charge in [-0.1, -0.05) is 36.4 Å². The van der Waals surface area contributed by atoms with Crippen LogP contribution in [0.5, 0.6) is 0 Å². The van der Waals surface area contributed by atoms with Crippen LogP contribution in [0.25, 0.3) is 10.8 Å². The summed E-state index contributed by atoms with van der Waals surface area (Å²) in [4.78, 5) is 11.7. The van der Waals surface area contributed by atoms with Crippen LogP contribution in [0.4, 0.5) is 4.39 Å². The second-order valence-corrected chi connectivity index (χ2v) is 9.12. The average Bonchev–Trinajstić information content (AvgIpc) is 3.21. The molecule has 1 aliphatic rings. The Hall–Kier alpha value is -2.37. The van der Waals surface area contributed by atoms with E-state index in [1.54, 1.807) is 6.07 Å². The quantitative estimate of drug-likeness (QED) is 0.448. The Labute approximate surface area is 180 Å².